The molecule has 0 bridgehead atoms. The van der Waals surface area contributed by atoms with Gasteiger partial charge in [-0.05, 0) is 45.2 Å². The van der Waals surface area contributed by atoms with Gasteiger partial charge in [-0.1, -0.05) is 30.7 Å². The molecule has 24 heavy (non-hydrogen) atoms. The van der Waals surface area contributed by atoms with Crippen LogP contribution in [0, 0.1) is 6.92 Å². The Hall–Kier alpha value is -1.66. The van der Waals surface area contributed by atoms with Crippen molar-refractivity contribution < 1.29 is 13.2 Å². The van der Waals surface area contributed by atoms with Gasteiger partial charge in [-0.3, -0.25) is 4.79 Å². The van der Waals surface area contributed by atoms with Crippen LogP contribution < -0.4 is 5.32 Å². The number of nitrogens with zero attached hydrogens (tertiary/aromatic N) is 1. The molecule has 2 rings (SSSR count). The summed E-state index contributed by atoms with van der Waals surface area (Å²) in [7, 11) is -3.45. The lowest BCUT2D eigenvalue weighted by Gasteiger charge is -2.31. The van der Waals surface area contributed by atoms with Gasteiger partial charge in [0.1, 0.15) is 0 Å². The summed E-state index contributed by atoms with van der Waals surface area (Å²) in [5.41, 5.74) is 1.75. The zero-order valence-electron chi connectivity index (χ0n) is 14.6. The molecule has 1 aromatic carbocycles. The average molecular weight is 350 g/mol. The van der Waals surface area contributed by atoms with Crippen molar-refractivity contribution in [2.24, 2.45) is 0 Å². The van der Waals surface area contributed by atoms with Gasteiger partial charge in [-0.15, -0.1) is 0 Å². The number of carbonyl (C=O) groups excluding carboxylic acids is 1. The van der Waals surface area contributed by atoms with E-state index < -0.39 is 10.0 Å². The van der Waals surface area contributed by atoms with Gasteiger partial charge in [0.25, 0.3) is 0 Å². The van der Waals surface area contributed by atoms with Gasteiger partial charge >= 0.3 is 0 Å². The Morgan fingerprint density at radius 3 is 2.38 bits per heavy atom. The van der Waals surface area contributed by atoms with Crippen molar-refractivity contribution in [3.63, 3.8) is 0 Å². The third-order valence-corrected chi connectivity index (χ3v) is 6.23. The number of hydrogen-bond donors (Lipinski definition) is 1. The first-order valence-electron chi connectivity index (χ1n) is 8.39. The van der Waals surface area contributed by atoms with E-state index in [9.17, 15) is 13.2 Å². The van der Waals surface area contributed by atoms with Gasteiger partial charge in [0.15, 0.2) is 0 Å². The van der Waals surface area contributed by atoms with Gasteiger partial charge in [0, 0.05) is 24.7 Å². The molecule has 0 atom stereocenters. The summed E-state index contributed by atoms with van der Waals surface area (Å²) in [6.45, 7) is 6.58. The fourth-order valence-electron chi connectivity index (χ4n) is 2.80. The van der Waals surface area contributed by atoms with Crippen LogP contribution in [-0.2, 0) is 14.8 Å². The highest BCUT2D eigenvalue weighted by atomic mass is 32.2. The molecule has 0 aliphatic carbocycles. The number of aryl methyl sites for hydroxylation is 1. The second-order valence-corrected chi connectivity index (χ2v) is 8.20. The number of amides is 1. The van der Waals surface area contributed by atoms with Crippen LogP contribution >= 0.6 is 0 Å². The zero-order valence-corrected chi connectivity index (χ0v) is 15.4. The fraction of sp³-hybridized carbons (Fsp3) is 0.500. The molecular weight excluding hydrogens is 324 g/mol. The van der Waals surface area contributed by atoms with Crippen LogP contribution in [0.4, 0.5) is 0 Å². The van der Waals surface area contributed by atoms with E-state index in [0.717, 1.165) is 12.0 Å². The van der Waals surface area contributed by atoms with Crippen LogP contribution in [0.2, 0.25) is 0 Å². The normalized spacial score (nSPS) is 17.7. The Kier molecular flexibility index (Phi) is 6.18. The Labute approximate surface area is 144 Å². The highest BCUT2D eigenvalue weighted by molar-refractivity contribution is 7.89. The maximum atomic E-state index is 12.7. The first-order chi connectivity index (χ1) is 11.3. The predicted octanol–water partition coefficient (Wildman–Crippen LogP) is 2.62. The first kappa shape index (κ1) is 18.7. The molecule has 1 saturated heterocycles. The molecule has 0 unspecified atom stereocenters. The SMILES string of the molecule is CCC=C(C)C(=O)NC1CCN(S(=O)(=O)c2ccc(C)cc2)CC1. The van der Waals surface area contributed by atoms with Crippen LogP contribution in [0.1, 0.15) is 38.7 Å². The maximum Gasteiger partial charge on any atom is 0.246 e. The number of sulfonamides is 1. The van der Waals surface area contributed by atoms with E-state index in [-0.39, 0.29) is 11.9 Å². The van der Waals surface area contributed by atoms with Crippen LogP contribution in [0.3, 0.4) is 0 Å². The standard InChI is InChI=1S/C18H26N2O3S/c1-4-5-15(3)18(21)19-16-10-12-20(13-11-16)24(22,23)17-8-6-14(2)7-9-17/h5-9,16H,4,10-13H2,1-3H3,(H,19,21). The summed E-state index contributed by atoms with van der Waals surface area (Å²) in [6, 6.07) is 6.95. The molecule has 0 aromatic heterocycles. The van der Waals surface area contributed by atoms with Crippen LogP contribution in [-0.4, -0.2) is 37.8 Å². The quantitative estimate of drug-likeness (QED) is 0.830. The second kappa shape index (κ2) is 7.94. The lowest BCUT2D eigenvalue weighted by Crippen LogP contribution is -2.46. The van der Waals surface area contributed by atoms with E-state index in [0.29, 0.717) is 36.4 Å². The molecule has 1 N–H and O–H groups in total. The van der Waals surface area contributed by atoms with Crippen molar-refractivity contribution in [1.29, 1.82) is 0 Å². The molecular formula is C18H26N2O3S. The highest BCUT2D eigenvalue weighted by Crippen LogP contribution is 2.21. The molecule has 0 radical (unpaired) electrons. The number of allylic oxidation sites excluding steroid dienone is 1. The Morgan fingerprint density at radius 2 is 1.83 bits per heavy atom. The summed E-state index contributed by atoms with van der Waals surface area (Å²) in [4.78, 5) is 12.4. The summed E-state index contributed by atoms with van der Waals surface area (Å²) in [5, 5.41) is 2.99. The monoisotopic (exact) mass is 350 g/mol. The minimum Gasteiger partial charge on any atom is -0.350 e. The van der Waals surface area contributed by atoms with Crippen LogP contribution in [0.5, 0.6) is 0 Å². The van der Waals surface area contributed by atoms with Gasteiger partial charge in [-0.2, -0.15) is 4.31 Å². The lowest BCUT2D eigenvalue weighted by atomic mass is 10.1. The van der Waals surface area contributed by atoms with Gasteiger partial charge in [0.05, 0.1) is 4.90 Å². The lowest BCUT2D eigenvalue weighted by molar-refractivity contribution is -0.118. The van der Waals surface area contributed by atoms with Crippen molar-refractivity contribution in [2.75, 3.05) is 13.1 Å². The molecule has 1 heterocycles. The van der Waals surface area contributed by atoms with E-state index in [1.165, 1.54) is 4.31 Å². The molecule has 1 aliphatic rings. The molecule has 1 fully saturated rings. The van der Waals surface area contributed by atoms with Crippen molar-refractivity contribution in [1.82, 2.24) is 9.62 Å². The van der Waals surface area contributed by atoms with Crippen molar-refractivity contribution in [3.05, 3.63) is 41.5 Å². The third-order valence-electron chi connectivity index (χ3n) is 4.32. The fourth-order valence-corrected chi connectivity index (χ4v) is 4.27. The topological polar surface area (TPSA) is 66.5 Å². The number of rotatable bonds is 5. The second-order valence-electron chi connectivity index (χ2n) is 6.26. The van der Waals surface area contributed by atoms with E-state index in [1.807, 2.05) is 32.1 Å². The molecule has 0 spiro atoms. The van der Waals surface area contributed by atoms with Gasteiger partial charge in [-0.25, -0.2) is 8.42 Å². The van der Waals surface area contributed by atoms with Crippen molar-refractivity contribution in [3.8, 4) is 0 Å². The van der Waals surface area contributed by atoms with E-state index >= 15 is 0 Å². The molecule has 132 valence electrons. The number of benzene rings is 1. The van der Waals surface area contributed by atoms with Crippen LogP contribution in [0.25, 0.3) is 0 Å². The van der Waals surface area contributed by atoms with E-state index in [2.05, 4.69) is 5.32 Å². The molecule has 1 aromatic rings. The minimum absolute atomic E-state index is 0.0298. The van der Waals surface area contributed by atoms with Crippen molar-refractivity contribution >= 4 is 15.9 Å². The zero-order chi connectivity index (χ0) is 17.7. The number of piperidine rings is 1. The summed E-state index contributed by atoms with van der Waals surface area (Å²) >= 11 is 0. The predicted molar refractivity (Wildman–Crippen MR) is 95.2 cm³/mol. The Bertz CT molecular complexity index is 700. The van der Waals surface area contributed by atoms with E-state index in [1.54, 1.807) is 19.1 Å². The molecule has 5 nitrogen and oxygen atoms in total. The number of hydrogen-bond acceptors (Lipinski definition) is 3. The third kappa shape index (κ3) is 4.45. The number of nitrogens with one attached hydrogen (secondary N) is 1. The summed E-state index contributed by atoms with van der Waals surface area (Å²) in [5.74, 6) is -0.0586. The molecule has 6 heteroatoms. The minimum atomic E-state index is -3.45. The van der Waals surface area contributed by atoms with E-state index in [4.69, 9.17) is 0 Å². The van der Waals surface area contributed by atoms with Crippen molar-refractivity contribution in [2.45, 2.75) is 51.0 Å². The Morgan fingerprint density at radius 1 is 1.25 bits per heavy atom. The first-order valence-corrected chi connectivity index (χ1v) is 9.83. The molecule has 0 saturated carbocycles. The average Bonchev–Trinajstić information content (AvgIpc) is 2.56. The molecule has 1 aliphatic heterocycles. The van der Waals surface area contributed by atoms with Gasteiger partial charge < -0.3 is 5.32 Å². The van der Waals surface area contributed by atoms with Crippen LogP contribution in [0.15, 0.2) is 40.8 Å². The number of carbonyl (C=O) groups is 1. The Balaban J connectivity index is 1.96. The molecule has 1 amide bonds. The smallest absolute Gasteiger partial charge is 0.246 e. The summed E-state index contributed by atoms with van der Waals surface area (Å²) < 4.78 is 26.8. The maximum absolute atomic E-state index is 12.7. The largest absolute Gasteiger partial charge is 0.350 e. The van der Waals surface area contributed by atoms with Gasteiger partial charge in [0.2, 0.25) is 15.9 Å². The summed E-state index contributed by atoms with van der Waals surface area (Å²) in [6.07, 6.45) is 3.99. The highest BCUT2D eigenvalue weighted by Gasteiger charge is 2.29.